The minimum Gasteiger partial charge on any atom is -0.325 e. The van der Waals surface area contributed by atoms with E-state index in [1.54, 1.807) is 30.3 Å². The summed E-state index contributed by atoms with van der Waals surface area (Å²) in [5.74, 6) is 0.290. The maximum atomic E-state index is 12.9. The van der Waals surface area contributed by atoms with Gasteiger partial charge in [-0.25, -0.2) is 12.8 Å². The quantitative estimate of drug-likeness (QED) is 0.483. The molecule has 156 valence electrons. The van der Waals surface area contributed by atoms with Crippen molar-refractivity contribution in [2.45, 2.75) is 10.6 Å². The van der Waals surface area contributed by atoms with Crippen LogP contribution in [0.2, 0.25) is 5.02 Å². The molecule has 3 aromatic rings. The fourth-order valence-electron chi connectivity index (χ4n) is 2.52. The minimum atomic E-state index is -3.78. The number of hydrogen-bond donors (Lipinski definition) is 2. The highest BCUT2D eigenvalue weighted by Crippen LogP contribution is 2.21. The molecular formula is C21H18ClFN2O3S2. The molecule has 0 aliphatic carbocycles. The standard InChI is InChI=1S/C21H18ClFN2O3S2/c22-16-2-1-3-19(12-16)25-30(27,28)20-10-8-18(9-11-20)24-21(26)14-29-13-15-4-6-17(23)7-5-15/h1-12,25H,13-14H2,(H,24,26). The Morgan fingerprint density at radius 1 is 0.967 bits per heavy atom. The third kappa shape index (κ3) is 6.48. The largest absolute Gasteiger partial charge is 0.325 e. The predicted octanol–water partition coefficient (Wildman–Crippen LogP) is 5.15. The van der Waals surface area contributed by atoms with Gasteiger partial charge in [0.1, 0.15) is 5.82 Å². The van der Waals surface area contributed by atoms with E-state index in [2.05, 4.69) is 10.0 Å². The number of sulfonamides is 1. The van der Waals surface area contributed by atoms with Gasteiger partial charge in [0.05, 0.1) is 16.3 Å². The lowest BCUT2D eigenvalue weighted by Crippen LogP contribution is -2.15. The van der Waals surface area contributed by atoms with E-state index in [0.717, 1.165) is 5.56 Å². The molecule has 0 spiro atoms. The van der Waals surface area contributed by atoms with Crippen molar-refractivity contribution in [3.05, 3.63) is 89.2 Å². The van der Waals surface area contributed by atoms with E-state index in [9.17, 15) is 17.6 Å². The molecule has 0 fully saturated rings. The molecule has 0 bridgehead atoms. The number of thioether (sulfide) groups is 1. The van der Waals surface area contributed by atoms with Crippen molar-refractivity contribution in [3.8, 4) is 0 Å². The van der Waals surface area contributed by atoms with Gasteiger partial charge in [0.2, 0.25) is 5.91 Å². The van der Waals surface area contributed by atoms with Crippen LogP contribution in [-0.4, -0.2) is 20.1 Å². The Kier molecular flexibility index (Phi) is 7.36. The lowest BCUT2D eigenvalue weighted by Gasteiger charge is -2.10. The average molecular weight is 465 g/mol. The highest BCUT2D eigenvalue weighted by molar-refractivity contribution is 7.99. The number of carbonyl (C=O) groups is 1. The number of hydrogen-bond acceptors (Lipinski definition) is 4. The molecule has 0 saturated heterocycles. The summed E-state index contributed by atoms with van der Waals surface area (Å²) in [7, 11) is -3.78. The average Bonchev–Trinajstić information content (AvgIpc) is 2.69. The van der Waals surface area contributed by atoms with Gasteiger partial charge in [-0.3, -0.25) is 9.52 Å². The number of nitrogens with one attached hydrogen (secondary N) is 2. The molecule has 0 aliphatic rings. The lowest BCUT2D eigenvalue weighted by molar-refractivity contribution is -0.113. The smallest absolute Gasteiger partial charge is 0.261 e. The van der Waals surface area contributed by atoms with Crippen LogP contribution < -0.4 is 10.0 Å². The van der Waals surface area contributed by atoms with E-state index < -0.39 is 10.0 Å². The van der Waals surface area contributed by atoms with Crippen molar-refractivity contribution in [3.63, 3.8) is 0 Å². The summed E-state index contributed by atoms with van der Waals surface area (Å²) in [6, 6.07) is 18.4. The molecule has 5 nitrogen and oxygen atoms in total. The predicted molar refractivity (Wildman–Crippen MR) is 120 cm³/mol. The van der Waals surface area contributed by atoms with Crippen molar-refractivity contribution in [1.29, 1.82) is 0 Å². The molecule has 0 unspecified atom stereocenters. The lowest BCUT2D eigenvalue weighted by atomic mass is 10.2. The van der Waals surface area contributed by atoms with Crippen molar-refractivity contribution < 1.29 is 17.6 Å². The molecule has 0 saturated carbocycles. The first kappa shape index (κ1) is 22.1. The van der Waals surface area contributed by atoms with Crippen LogP contribution in [0.5, 0.6) is 0 Å². The molecule has 0 aromatic heterocycles. The number of benzene rings is 3. The molecule has 9 heteroatoms. The van der Waals surface area contributed by atoms with Crippen molar-refractivity contribution in [2.75, 3.05) is 15.8 Å². The number of anilines is 2. The summed E-state index contributed by atoms with van der Waals surface area (Å²) >= 11 is 7.27. The van der Waals surface area contributed by atoms with Crippen LogP contribution in [0.15, 0.2) is 77.7 Å². The Labute approximate surface area is 183 Å². The Balaban J connectivity index is 1.53. The van der Waals surface area contributed by atoms with Gasteiger partial charge in [-0.2, -0.15) is 0 Å². The first-order valence-electron chi connectivity index (χ1n) is 8.82. The summed E-state index contributed by atoms with van der Waals surface area (Å²) < 4.78 is 40.3. The normalized spacial score (nSPS) is 11.1. The molecule has 3 rings (SSSR count). The second kappa shape index (κ2) is 9.97. The van der Waals surface area contributed by atoms with E-state index in [-0.39, 0.29) is 22.4 Å². The van der Waals surface area contributed by atoms with Crippen molar-refractivity contribution in [1.82, 2.24) is 0 Å². The van der Waals surface area contributed by atoms with E-state index in [1.807, 2.05) is 0 Å². The van der Waals surface area contributed by atoms with Crippen molar-refractivity contribution in [2.24, 2.45) is 0 Å². The van der Waals surface area contributed by atoms with E-state index in [1.165, 1.54) is 54.2 Å². The molecule has 1 amide bonds. The van der Waals surface area contributed by atoms with Crippen LogP contribution in [0.4, 0.5) is 15.8 Å². The molecule has 0 heterocycles. The Morgan fingerprint density at radius 3 is 2.33 bits per heavy atom. The zero-order chi connectivity index (χ0) is 21.6. The van der Waals surface area contributed by atoms with Gasteiger partial charge in [0, 0.05) is 16.5 Å². The fraction of sp³-hybridized carbons (Fsp3) is 0.0952. The third-order valence-corrected chi connectivity index (χ3v) is 6.58. The maximum absolute atomic E-state index is 12.9. The van der Waals surface area contributed by atoms with Gasteiger partial charge in [-0.05, 0) is 60.2 Å². The van der Waals surface area contributed by atoms with Crippen LogP contribution in [0, 0.1) is 5.82 Å². The van der Waals surface area contributed by atoms with E-state index >= 15 is 0 Å². The Hall–Kier alpha value is -2.55. The fourth-order valence-corrected chi connectivity index (χ4v) is 4.55. The van der Waals surface area contributed by atoms with Gasteiger partial charge >= 0.3 is 0 Å². The van der Waals surface area contributed by atoms with Crippen LogP contribution in [-0.2, 0) is 20.6 Å². The maximum Gasteiger partial charge on any atom is 0.261 e. The second-order valence-electron chi connectivity index (χ2n) is 6.31. The summed E-state index contributed by atoms with van der Waals surface area (Å²) in [4.78, 5) is 12.1. The summed E-state index contributed by atoms with van der Waals surface area (Å²) in [6.45, 7) is 0. The van der Waals surface area contributed by atoms with Gasteiger partial charge in [-0.1, -0.05) is 29.8 Å². The highest BCUT2D eigenvalue weighted by atomic mass is 35.5. The minimum absolute atomic E-state index is 0.0613. The van der Waals surface area contributed by atoms with Crippen molar-refractivity contribution >= 4 is 50.7 Å². The van der Waals surface area contributed by atoms with Crippen LogP contribution >= 0.6 is 23.4 Å². The molecular weight excluding hydrogens is 447 g/mol. The van der Waals surface area contributed by atoms with Crippen LogP contribution in [0.1, 0.15) is 5.56 Å². The van der Waals surface area contributed by atoms with Gasteiger partial charge in [0.15, 0.2) is 0 Å². The summed E-state index contributed by atoms with van der Waals surface area (Å²) in [6.07, 6.45) is 0. The molecule has 0 aliphatic heterocycles. The zero-order valence-electron chi connectivity index (χ0n) is 15.6. The summed E-state index contributed by atoms with van der Waals surface area (Å²) in [5.41, 5.74) is 1.78. The zero-order valence-corrected chi connectivity index (χ0v) is 18.0. The highest BCUT2D eigenvalue weighted by Gasteiger charge is 2.14. The topological polar surface area (TPSA) is 75.3 Å². The van der Waals surface area contributed by atoms with Crippen LogP contribution in [0.3, 0.4) is 0 Å². The summed E-state index contributed by atoms with van der Waals surface area (Å²) in [5, 5.41) is 3.14. The Bertz CT molecular complexity index is 1120. The number of amides is 1. The second-order valence-corrected chi connectivity index (χ2v) is 9.41. The first-order chi connectivity index (χ1) is 14.3. The SMILES string of the molecule is O=C(CSCc1ccc(F)cc1)Nc1ccc(S(=O)(=O)Nc2cccc(Cl)c2)cc1. The Morgan fingerprint density at radius 2 is 1.67 bits per heavy atom. The van der Waals surface area contributed by atoms with Crippen LogP contribution in [0.25, 0.3) is 0 Å². The molecule has 0 atom stereocenters. The van der Waals surface area contributed by atoms with Gasteiger partial charge < -0.3 is 5.32 Å². The van der Waals surface area contributed by atoms with Gasteiger partial charge in [-0.15, -0.1) is 11.8 Å². The van der Waals surface area contributed by atoms with Gasteiger partial charge in [0.25, 0.3) is 10.0 Å². The molecule has 0 radical (unpaired) electrons. The molecule has 3 aromatic carbocycles. The molecule has 2 N–H and O–H groups in total. The number of carbonyl (C=O) groups excluding carboxylic acids is 1. The molecule has 30 heavy (non-hydrogen) atoms. The monoisotopic (exact) mass is 464 g/mol. The first-order valence-corrected chi connectivity index (χ1v) is 11.8. The number of rotatable bonds is 8. The third-order valence-electron chi connectivity index (χ3n) is 3.94. The van der Waals surface area contributed by atoms with E-state index in [0.29, 0.717) is 22.2 Å². The van der Waals surface area contributed by atoms with E-state index in [4.69, 9.17) is 11.6 Å². The number of halogens is 2.